The SMILES string of the molecule is O=C1Cc2c(O)cc(O)cc2OC1(O)c1ccc(O)c(O)c1. The molecule has 0 aromatic heterocycles. The Bertz CT molecular complexity index is 784. The number of phenolic OH excluding ortho intramolecular Hbond substituents is 4. The van der Waals surface area contributed by atoms with Gasteiger partial charge in [-0.2, -0.15) is 0 Å². The molecule has 1 unspecified atom stereocenters. The number of benzene rings is 2. The molecule has 3 rings (SSSR count). The number of fused-ring (bicyclic) bond motifs is 1. The van der Waals surface area contributed by atoms with E-state index < -0.39 is 23.1 Å². The second-order valence-corrected chi connectivity index (χ2v) is 4.99. The lowest BCUT2D eigenvalue weighted by Crippen LogP contribution is -2.45. The quantitative estimate of drug-likeness (QED) is 0.494. The molecule has 7 nitrogen and oxygen atoms in total. The number of hydrogen-bond donors (Lipinski definition) is 5. The Hall–Kier alpha value is -2.93. The summed E-state index contributed by atoms with van der Waals surface area (Å²) in [7, 11) is 0. The van der Waals surface area contributed by atoms with Gasteiger partial charge in [0.15, 0.2) is 11.5 Å². The molecular weight excluding hydrogens is 292 g/mol. The first-order valence-electron chi connectivity index (χ1n) is 6.33. The molecule has 2 aromatic rings. The summed E-state index contributed by atoms with van der Waals surface area (Å²) in [5.41, 5.74) is 0.0664. The Morgan fingerprint density at radius 3 is 2.36 bits per heavy atom. The molecule has 0 radical (unpaired) electrons. The zero-order chi connectivity index (χ0) is 16.1. The van der Waals surface area contributed by atoms with E-state index in [-0.39, 0.29) is 34.8 Å². The fourth-order valence-corrected chi connectivity index (χ4v) is 2.34. The first-order chi connectivity index (χ1) is 10.3. The van der Waals surface area contributed by atoms with Crippen LogP contribution >= 0.6 is 0 Å². The first kappa shape index (κ1) is 14.0. The van der Waals surface area contributed by atoms with Gasteiger partial charge >= 0.3 is 0 Å². The van der Waals surface area contributed by atoms with E-state index in [0.29, 0.717) is 0 Å². The van der Waals surface area contributed by atoms with E-state index in [9.17, 15) is 30.3 Å². The number of ketones is 1. The maximum atomic E-state index is 12.2. The van der Waals surface area contributed by atoms with Crippen LogP contribution in [-0.4, -0.2) is 31.3 Å². The van der Waals surface area contributed by atoms with Crippen LogP contribution in [0.1, 0.15) is 11.1 Å². The van der Waals surface area contributed by atoms with Crippen molar-refractivity contribution in [3.8, 4) is 28.7 Å². The molecular formula is C15H12O7. The van der Waals surface area contributed by atoms with Gasteiger partial charge in [-0.05, 0) is 18.2 Å². The Kier molecular flexibility index (Phi) is 2.89. The third kappa shape index (κ3) is 1.99. The van der Waals surface area contributed by atoms with Crippen molar-refractivity contribution >= 4 is 5.78 Å². The van der Waals surface area contributed by atoms with Gasteiger partial charge in [-0.15, -0.1) is 0 Å². The van der Waals surface area contributed by atoms with Crippen LogP contribution in [0.4, 0.5) is 0 Å². The lowest BCUT2D eigenvalue weighted by Gasteiger charge is -2.33. The molecule has 0 amide bonds. The van der Waals surface area contributed by atoms with E-state index in [1.807, 2.05) is 0 Å². The van der Waals surface area contributed by atoms with Crippen LogP contribution < -0.4 is 4.74 Å². The van der Waals surface area contributed by atoms with Crippen molar-refractivity contribution in [2.45, 2.75) is 12.2 Å². The average Bonchev–Trinajstić information content (AvgIpc) is 2.44. The van der Waals surface area contributed by atoms with Gasteiger partial charge in [-0.3, -0.25) is 4.79 Å². The van der Waals surface area contributed by atoms with E-state index in [1.165, 1.54) is 6.07 Å². The molecule has 1 atom stereocenters. The smallest absolute Gasteiger partial charge is 0.295 e. The molecule has 5 N–H and O–H groups in total. The van der Waals surface area contributed by atoms with Crippen LogP contribution in [-0.2, 0) is 17.0 Å². The van der Waals surface area contributed by atoms with E-state index >= 15 is 0 Å². The Balaban J connectivity index is 2.11. The van der Waals surface area contributed by atoms with Crippen LogP contribution in [0.25, 0.3) is 0 Å². The number of carbonyl (C=O) groups excluding carboxylic acids is 1. The Labute approximate surface area is 124 Å². The van der Waals surface area contributed by atoms with Gasteiger partial charge in [0.05, 0.1) is 0 Å². The van der Waals surface area contributed by atoms with Gasteiger partial charge in [-0.1, -0.05) is 0 Å². The second kappa shape index (κ2) is 4.54. The molecule has 1 heterocycles. The molecule has 1 aliphatic rings. The fraction of sp³-hybridized carbons (Fsp3) is 0.133. The van der Waals surface area contributed by atoms with Crippen LogP contribution in [0.2, 0.25) is 0 Å². The minimum atomic E-state index is -2.39. The van der Waals surface area contributed by atoms with Crippen molar-refractivity contribution in [2.75, 3.05) is 0 Å². The lowest BCUT2D eigenvalue weighted by molar-refractivity contribution is -0.179. The second-order valence-electron chi connectivity index (χ2n) is 4.99. The normalized spacial score (nSPS) is 20.3. The summed E-state index contributed by atoms with van der Waals surface area (Å²) in [6, 6.07) is 5.55. The summed E-state index contributed by atoms with van der Waals surface area (Å²) < 4.78 is 5.27. The highest BCUT2D eigenvalue weighted by molar-refractivity contribution is 5.92. The summed E-state index contributed by atoms with van der Waals surface area (Å²) in [5.74, 6) is -4.74. The first-order valence-corrected chi connectivity index (χ1v) is 6.33. The molecule has 0 fully saturated rings. The highest BCUT2D eigenvalue weighted by atomic mass is 16.6. The van der Waals surface area contributed by atoms with Crippen molar-refractivity contribution in [1.29, 1.82) is 0 Å². The third-order valence-electron chi connectivity index (χ3n) is 3.51. The number of Topliss-reactive ketones (excluding diaryl/α,β-unsaturated/α-hetero) is 1. The predicted octanol–water partition coefficient (Wildman–Crippen LogP) is 0.858. The largest absolute Gasteiger partial charge is 0.508 e. The van der Waals surface area contributed by atoms with Crippen LogP contribution in [0.5, 0.6) is 28.7 Å². The molecule has 7 heteroatoms. The maximum absolute atomic E-state index is 12.2. The minimum Gasteiger partial charge on any atom is -0.508 e. The number of hydrogen-bond acceptors (Lipinski definition) is 7. The van der Waals surface area contributed by atoms with E-state index in [4.69, 9.17) is 4.74 Å². The summed E-state index contributed by atoms with van der Waals surface area (Å²) in [6.45, 7) is 0. The number of rotatable bonds is 1. The van der Waals surface area contributed by atoms with E-state index in [1.54, 1.807) is 0 Å². The standard InChI is InChI=1S/C15H12O7/c16-8-4-11(18)9-6-14(20)15(21,22-13(9)5-8)7-1-2-10(17)12(19)3-7/h1-5,16-19,21H,6H2. The van der Waals surface area contributed by atoms with E-state index in [2.05, 4.69) is 0 Å². The molecule has 0 saturated carbocycles. The molecule has 0 bridgehead atoms. The van der Waals surface area contributed by atoms with Crippen LogP contribution in [0, 0.1) is 0 Å². The summed E-state index contributed by atoms with van der Waals surface area (Å²) in [4.78, 5) is 12.2. The monoisotopic (exact) mass is 304 g/mol. The van der Waals surface area contributed by atoms with Crippen LogP contribution in [0.3, 0.4) is 0 Å². The van der Waals surface area contributed by atoms with Crippen LogP contribution in [0.15, 0.2) is 30.3 Å². The zero-order valence-corrected chi connectivity index (χ0v) is 11.1. The Morgan fingerprint density at radius 1 is 0.955 bits per heavy atom. The number of aliphatic hydroxyl groups is 1. The highest BCUT2D eigenvalue weighted by Crippen LogP contribution is 2.43. The average molecular weight is 304 g/mol. The van der Waals surface area contributed by atoms with E-state index in [0.717, 1.165) is 24.3 Å². The molecule has 2 aromatic carbocycles. The van der Waals surface area contributed by atoms with Crippen molar-refractivity contribution in [3.05, 3.63) is 41.5 Å². The third-order valence-corrected chi connectivity index (χ3v) is 3.51. The predicted molar refractivity (Wildman–Crippen MR) is 72.8 cm³/mol. The zero-order valence-electron chi connectivity index (χ0n) is 11.1. The topological polar surface area (TPSA) is 127 Å². The summed E-state index contributed by atoms with van der Waals surface area (Å²) >= 11 is 0. The van der Waals surface area contributed by atoms with Gasteiger partial charge in [0.25, 0.3) is 5.79 Å². The molecule has 1 aliphatic heterocycles. The van der Waals surface area contributed by atoms with Crippen molar-refractivity contribution in [1.82, 2.24) is 0 Å². The molecule has 0 saturated heterocycles. The highest BCUT2D eigenvalue weighted by Gasteiger charge is 2.45. The maximum Gasteiger partial charge on any atom is 0.295 e. The molecule has 0 spiro atoms. The fourth-order valence-electron chi connectivity index (χ4n) is 2.34. The minimum absolute atomic E-state index is 0.0489. The van der Waals surface area contributed by atoms with Crippen molar-refractivity contribution in [2.24, 2.45) is 0 Å². The number of ether oxygens (including phenoxy) is 1. The lowest BCUT2D eigenvalue weighted by atomic mass is 9.92. The van der Waals surface area contributed by atoms with Crippen molar-refractivity contribution < 1.29 is 35.1 Å². The van der Waals surface area contributed by atoms with Gasteiger partial charge in [0.1, 0.15) is 17.2 Å². The van der Waals surface area contributed by atoms with Gasteiger partial charge in [-0.25, -0.2) is 0 Å². The van der Waals surface area contributed by atoms with Gasteiger partial charge in [0.2, 0.25) is 5.78 Å². The Morgan fingerprint density at radius 2 is 1.68 bits per heavy atom. The summed E-state index contributed by atoms with van der Waals surface area (Å²) in [5, 5.41) is 48.5. The molecule has 114 valence electrons. The number of phenols is 4. The van der Waals surface area contributed by atoms with Gasteiger partial charge in [0, 0.05) is 29.7 Å². The summed E-state index contributed by atoms with van der Waals surface area (Å²) in [6.07, 6.45) is -0.320. The van der Waals surface area contributed by atoms with Gasteiger partial charge < -0.3 is 30.3 Å². The number of carbonyl (C=O) groups is 1. The van der Waals surface area contributed by atoms with Crippen molar-refractivity contribution in [3.63, 3.8) is 0 Å². The molecule has 0 aliphatic carbocycles. The molecule has 22 heavy (non-hydrogen) atoms. The number of aromatic hydroxyl groups is 4.